The summed E-state index contributed by atoms with van der Waals surface area (Å²) in [5.41, 5.74) is 1.71. The molecule has 1 aromatic carbocycles. The van der Waals surface area contributed by atoms with Crippen molar-refractivity contribution in [3.63, 3.8) is 0 Å². The summed E-state index contributed by atoms with van der Waals surface area (Å²) in [5.74, 6) is 0. The molecule has 4 nitrogen and oxygen atoms in total. The van der Waals surface area contributed by atoms with E-state index in [2.05, 4.69) is 15.0 Å². The van der Waals surface area contributed by atoms with Gasteiger partial charge < -0.3 is 4.98 Å². The van der Waals surface area contributed by atoms with Gasteiger partial charge in [0.25, 0.3) is 5.56 Å². The van der Waals surface area contributed by atoms with Crippen molar-refractivity contribution in [1.29, 1.82) is 0 Å². The molecule has 0 aliphatic carbocycles. The number of hydrogen-bond donors (Lipinski definition) is 1. The van der Waals surface area contributed by atoms with Crippen molar-refractivity contribution in [3.8, 4) is 0 Å². The van der Waals surface area contributed by atoms with Gasteiger partial charge in [-0.3, -0.25) is 4.79 Å². The van der Waals surface area contributed by atoms with Crippen LogP contribution >= 0.6 is 34.0 Å². The first-order chi connectivity index (χ1) is 11.2. The van der Waals surface area contributed by atoms with Crippen LogP contribution in [0.3, 0.4) is 0 Å². The highest BCUT2D eigenvalue weighted by Gasteiger charge is 2.02. The molecule has 3 heterocycles. The van der Waals surface area contributed by atoms with Gasteiger partial charge in [0.1, 0.15) is 5.01 Å². The minimum atomic E-state index is -0.0898. The fraction of sp³-hybridized carbons (Fsp3) is 0.0625. The number of para-hydroxylation sites is 1. The summed E-state index contributed by atoms with van der Waals surface area (Å²) in [5, 5.41) is 3.83. The number of aryl methyl sites for hydroxylation is 1. The van der Waals surface area contributed by atoms with Gasteiger partial charge in [-0.25, -0.2) is 9.97 Å². The molecule has 0 spiro atoms. The lowest BCUT2D eigenvalue weighted by Crippen LogP contribution is -2.19. The summed E-state index contributed by atoms with van der Waals surface area (Å²) in [6, 6.07) is 8.01. The number of H-pyrrole nitrogens is 1. The number of benzene rings is 1. The van der Waals surface area contributed by atoms with E-state index >= 15 is 0 Å². The van der Waals surface area contributed by atoms with Gasteiger partial charge in [-0.05, 0) is 25.1 Å². The highest BCUT2D eigenvalue weighted by Crippen LogP contribution is 2.21. The molecule has 0 saturated carbocycles. The molecule has 23 heavy (non-hydrogen) atoms. The summed E-state index contributed by atoms with van der Waals surface area (Å²) in [6.45, 7) is 1.95. The van der Waals surface area contributed by atoms with Crippen LogP contribution in [0.15, 0.2) is 34.4 Å². The summed E-state index contributed by atoms with van der Waals surface area (Å²) in [4.78, 5) is 23.9. The van der Waals surface area contributed by atoms with Gasteiger partial charge in [-0.15, -0.1) is 34.0 Å². The third-order valence-electron chi connectivity index (χ3n) is 3.16. The monoisotopic (exact) mass is 357 g/mol. The fourth-order valence-corrected chi connectivity index (χ4v) is 4.60. The van der Waals surface area contributed by atoms with Gasteiger partial charge in [0.2, 0.25) is 0 Å². The molecule has 4 rings (SSSR count). The average Bonchev–Trinajstić information content (AvgIpc) is 3.19. The zero-order valence-electron chi connectivity index (χ0n) is 12.1. The molecule has 0 aliphatic rings. The molecule has 4 aromatic rings. The van der Waals surface area contributed by atoms with E-state index in [0.717, 1.165) is 30.6 Å². The SMILES string of the molecule is Cc1nc(/C=c2\s/c(=C/c3nc4ccccc4s3)[nH]c2=O)cs1. The van der Waals surface area contributed by atoms with Crippen molar-refractivity contribution in [2.75, 3.05) is 0 Å². The Morgan fingerprint density at radius 3 is 2.78 bits per heavy atom. The molecule has 0 radical (unpaired) electrons. The molecular formula is C16H11N3OS3. The van der Waals surface area contributed by atoms with Crippen molar-refractivity contribution < 1.29 is 0 Å². The van der Waals surface area contributed by atoms with Crippen molar-refractivity contribution in [1.82, 2.24) is 15.0 Å². The number of hydrogen-bond acceptors (Lipinski definition) is 6. The molecule has 0 amide bonds. The average molecular weight is 357 g/mol. The molecule has 0 unspecified atom stereocenters. The molecule has 114 valence electrons. The van der Waals surface area contributed by atoms with Crippen molar-refractivity contribution in [2.45, 2.75) is 6.92 Å². The van der Waals surface area contributed by atoms with Crippen LogP contribution in [0, 0.1) is 6.92 Å². The Bertz CT molecular complexity index is 1130. The Morgan fingerprint density at radius 1 is 1.13 bits per heavy atom. The maximum absolute atomic E-state index is 12.1. The zero-order chi connectivity index (χ0) is 15.8. The Morgan fingerprint density at radius 2 is 2.00 bits per heavy atom. The largest absolute Gasteiger partial charge is 0.313 e. The van der Waals surface area contributed by atoms with Gasteiger partial charge >= 0.3 is 0 Å². The van der Waals surface area contributed by atoms with Crippen LogP contribution in [0.2, 0.25) is 0 Å². The van der Waals surface area contributed by atoms with E-state index in [1.54, 1.807) is 22.7 Å². The van der Waals surface area contributed by atoms with Crippen LogP contribution in [0.5, 0.6) is 0 Å². The number of nitrogens with zero attached hydrogens (tertiary/aromatic N) is 2. The number of rotatable bonds is 2. The first kappa shape index (κ1) is 14.5. The highest BCUT2D eigenvalue weighted by atomic mass is 32.1. The molecule has 0 bridgehead atoms. The minimum absolute atomic E-state index is 0.0898. The predicted molar refractivity (Wildman–Crippen MR) is 97.8 cm³/mol. The maximum atomic E-state index is 12.1. The van der Waals surface area contributed by atoms with Crippen molar-refractivity contribution in [3.05, 3.63) is 64.9 Å². The van der Waals surface area contributed by atoms with E-state index in [1.165, 1.54) is 11.3 Å². The standard InChI is InChI=1S/C16H11N3OS3/c1-9-17-10(8-21-9)6-13-16(20)19-15(23-13)7-14-18-11-4-2-3-5-12(11)22-14/h2-8H,1H3,(H,19,20)/b13-6-,15-7+. The Hall–Kier alpha value is -2.09. The molecule has 0 fully saturated rings. The molecule has 3 aromatic heterocycles. The third kappa shape index (κ3) is 3.03. The first-order valence-corrected chi connectivity index (χ1v) is 9.39. The molecular weight excluding hydrogens is 346 g/mol. The van der Waals surface area contributed by atoms with Crippen molar-refractivity contribution in [2.24, 2.45) is 0 Å². The molecule has 0 aliphatic heterocycles. The lowest BCUT2D eigenvalue weighted by Gasteiger charge is -1.80. The van der Waals surface area contributed by atoms with Crippen LogP contribution in [-0.2, 0) is 0 Å². The Balaban J connectivity index is 1.79. The number of aromatic nitrogens is 3. The minimum Gasteiger partial charge on any atom is -0.313 e. The third-order valence-corrected chi connectivity index (χ3v) is 5.90. The van der Waals surface area contributed by atoms with E-state index < -0.39 is 0 Å². The first-order valence-electron chi connectivity index (χ1n) is 6.88. The highest BCUT2D eigenvalue weighted by molar-refractivity contribution is 7.19. The molecule has 0 atom stereocenters. The van der Waals surface area contributed by atoms with E-state index in [0.29, 0.717) is 4.53 Å². The fourth-order valence-electron chi connectivity index (χ4n) is 2.17. The molecule has 0 saturated heterocycles. The molecule has 1 N–H and O–H groups in total. The van der Waals surface area contributed by atoms with Gasteiger partial charge in [0.15, 0.2) is 0 Å². The van der Waals surface area contributed by atoms with Crippen molar-refractivity contribution >= 4 is 56.4 Å². The topological polar surface area (TPSA) is 58.6 Å². The van der Waals surface area contributed by atoms with Gasteiger partial charge in [0, 0.05) is 11.5 Å². The second-order valence-electron chi connectivity index (χ2n) is 4.88. The van der Waals surface area contributed by atoms with E-state index in [4.69, 9.17) is 0 Å². The summed E-state index contributed by atoms with van der Waals surface area (Å²) in [7, 11) is 0. The normalized spacial score (nSPS) is 13.3. The number of aromatic amines is 1. The Labute approximate surface area is 143 Å². The maximum Gasteiger partial charge on any atom is 0.266 e. The number of nitrogens with one attached hydrogen (secondary N) is 1. The molecule has 7 heteroatoms. The predicted octanol–water partition coefficient (Wildman–Crippen LogP) is 2.47. The van der Waals surface area contributed by atoms with Crippen LogP contribution in [-0.4, -0.2) is 15.0 Å². The zero-order valence-corrected chi connectivity index (χ0v) is 14.5. The number of fused-ring (bicyclic) bond motifs is 1. The second kappa shape index (κ2) is 5.84. The summed E-state index contributed by atoms with van der Waals surface area (Å²) in [6.07, 6.45) is 3.74. The Kier molecular flexibility index (Phi) is 3.68. The van der Waals surface area contributed by atoms with Crippen LogP contribution in [0.25, 0.3) is 22.4 Å². The van der Waals surface area contributed by atoms with Gasteiger partial charge in [-0.1, -0.05) is 12.1 Å². The summed E-state index contributed by atoms with van der Waals surface area (Å²) < 4.78 is 2.59. The van der Waals surface area contributed by atoms with Crippen LogP contribution in [0.1, 0.15) is 15.7 Å². The van der Waals surface area contributed by atoms with Crippen LogP contribution < -0.4 is 14.8 Å². The van der Waals surface area contributed by atoms with Crippen LogP contribution in [0.4, 0.5) is 0 Å². The number of thiazole rings is 3. The lowest BCUT2D eigenvalue weighted by atomic mass is 10.3. The van der Waals surface area contributed by atoms with E-state index in [-0.39, 0.29) is 5.56 Å². The van der Waals surface area contributed by atoms with E-state index in [1.807, 2.05) is 48.7 Å². The second-order valence-corrected chi connectivity index (χ2v) is 8.09. The van der Waals surface area contributed by atoms with E-state index in [9.17, 15) is 4.79 Å². The lowest BCUT2D eigenvalue weighted by molar-refractivity contribution is 1.24. The summed E-state index contributed by atoms with van der Waals surface area (Å²) >= 11 is 4.61. The quantitative estimate of drug-likeness (QED) is 0.600. The van der Waals surface area contributed by atoms with Gasteiger partial charge in [-0.2, -0.15) is 0 Å². The van der Waals surface area contributed by atoms with Gasteiger partial charge in [0.05, 0.1) is 30.1 Å². The smallest absolute Gasteiger partial charge is 0.266 e.